The molecule has 0 spiro atoms. The lowest BCUT2D eigenvalue weighted by atomic mass is 10.1. The Hall–Kier alpha value is -4.58. The second-order valence-corrected chi connectivity index (χ2v) is 8.47. The largest absolute Gasteiger partial charge is 0.481 e. The zero-order chi connectivity index (χ0) is 27.2. The fourth-order valence-electron chi connectivity index (χ4n) is 3.27. The van der Waals surface area contributed by atoms with E-state index >= 15 is 0 Å². The number of carboxylic acid groups (broad SMARTS) is 2. The molecule has 4 N–H and O–H groups in total. The third kappa shape index (κ3) is 10.3. The summed E-state index contributed by atoms with van der Waals surface area (Å²) in [4.78, 5) is 18.9. The maximum atomic E-state index is 9.43. The Labute approximate surface area is 218 Å². The fraction of sp³-hybridized carbons (Fsp3) is 0.161. The molecule has 0 fully saturated rings. The third-order valence-corrected chi connectivity index (χ3v) is 5.42. The maximum Gasteiger partial charge on any atom is 0.314 e. The Bertz CT molecular complexity index is 1130. The number of nitrogens with one attached hydrogen (secondary N) is 2. The highest BCUT2D eigenvalue weighted by Gasteiger charge is 2.02. The standard InChI is InChI=1S/2C14H15N.C3H4O4/c2*1-11-7-3-5-9-13(11)15-14-10-6-4-8-12(14)2;4-2(5)1-3(6)7/h2*3-10,15H,1-2H3;1H2,(H,4,5)(H,6,7). The van der Waals surface area contributed by atoms with E-state index in [0.717, 1.165) is 0 Å². The number of aryl methyl sites for hydroxylation is 4. The molecule has 0 aliphatic carbocycles. The normalized spacial score (nSPS) is 9.62. The topological polar surface area (TPSA) is 98.7 Å². The van der Waals surface area contributed by atoms with E-state index in [2.05, 4.69) is 111 Å². The van der Waals surface area contributed by atoms with Crippen LogP contribution in [0.2, 0.25) is 0 Å². The molecular weight excluding hydrogens is 464 g/mol. The van der Waals surface area contributed by atoms with Gasteiger partial charge in [0.1, 0.15) is 6.42 Å². The van der Waals surface area contributed by atoms with E-state index in [4.69, 9.17) is 10.2 Å². The summed E-state index contributed by atoms with van der Waals surface area (Å²) in [7, 11) is 0. The molecule has 0 radical (unpaired) electrons. The summed E-state index contributed by atoms with van der Waals surface area (Å²) in [5, 5.41) is 22.3. The minimum absolute atomic E-state index is 0.806. The van der Waals surface area contributed by atoms with Crippen LogP contribution in [0.15, 0.2) is 97.1 Å². The lowest BCUT2D eigenvalue weighted by Gasteiger charge is -2.11. The highest BCUT2D eigenvalue weighted by molar-refractivity contribution is 5.88. The fourth-order valence-corrected chi connectivity index (χ4v) is 3.27. The van der Waals surface area contributed by atoms with Crippen molar-refractivity contribution in [3.8, 4) is 0 Å². The molecule has 0 aliphatic rings. The van der Waals surface area contributed by atoms with Crippen molar-refractivity contribution in [2.24, 2.45) is 0 Å². The molecule has 6 heteroatoms. The molecule has 0 aliphatic heterocycles. The number of rotatable bonds is 6. The minimum atomic E-state index is -1.31. The van der Waals surface area contributed by atoms with Crippen molar-refractivity contribution >= 4 is 34.7 Å². The van der Waals surface area contributed by atoms with Gasteiger partial charge in [0.25, 0.3) is 0 Å². The summed E-state index contributed by atoms with van der Waals surface area (Å²) in [5.41, 5.74) is 9.75. The van der Waals surface area contributed by atoms with Crippen LogP contribution in [-0.2, 0) is 9.59 Å². The molecule has 37 heavy (non-hydrogen) atoms. The molecule has 0 aromatic heterocycles. The van der Waals surface area contributed by atoms with Gasteiger partial charge in [-0.15, -0.1) is 0 Å². The lowest BCUT2D eigenvalue weighted by Crippen LogP contribution is -2.03. The molecular formula is C31H34N2O4. The van der Waals surface area contributed by atoms with Gasteiger partial charge in [0.15, 0.2) is 0 Å². The van der Waals surface area contributed by atoms with Crippen LogP contribution in [0.5, 0.6) is 0 Å². The van der Waals surface area contributed by atoms with E-state index in [9.17, 15) is 9.59 Å². The van der Waals surface area contributed by atoms with Crippen molar-refractivity contribution < 1.29 is 19.8 Å². The van der Waals surface area contributed by atoms with E-state index in [-0.39, 0.29) is 0 Å². The van der Waals surface area contributed by atoms with Crippen molar-refractivity contribution in [3.63, 3.8) is 0 Å². The van der Waals surface area contributed by atoms with Gasteiger partial charge in [0.05, 0.1) is 0 Å². The van der Waals surface area contributed by atoms with Gasteiger partial charge in [0, 0.05) is 22.7 Å². The first-order chi connectivity index (χ1) is 17.7. The van der Waals surface area contributed by atoms with Gasteiger partial charge >= 0.3 is 11.9 Å². The molecule has 0 heterocycles. The van der Waals surface area contributed by atoms with Crippen LogP contribution in [0.3, 0.4) is 0 Å². The molecule has 4 aromatic carbocycles. The Balaban J connectivity index is 0.000000210. The molecule has 0 amide bonds. The average molecular weight is 499 g/mol. The van der Waals surface area contributed by atoms with Gasteiger partial charge in [-0.25, -0.2) is 0 Å². The van der Waals surface area contributed by atoms with Crippen molar-refractivity contribution in [1.82, 2.24) is 0 Å². The number of benzene rings is 4. The second-order valence-electron chi connectivity index (χ2n) is 8.47. The SMILES string of the molecule is Cc1ccccc1Nc1ccccc1C.Cc1ccccc1Nc1ccccc1C.O=C(O)CC(=O)O. The van der Waals surface area contributed by atoms with E-state index in [1.165, 1.54) is 45.0 Å². The Kier molecular flexibility index (Phi) is 11.4. The van der Waals surface area contributed by atoms with Crippen LogP contribution < -0.4 is 10.6 Å². The van der Waals surface area contributed by atoms with Crippen molar-refractivity contribution in [1.29, 1.82) is 0 Å². The first-order valence-corrected chi connectivity index (χ1v) is 11.9. The quantitative estimate of drug-likeness (QED) is 0.204. The molecule has 0 atom stereocenters. The molecule has 6 nitrogen and oxygen atoms in total. The van der Waals surface area contributed by atoms with Crippen molar-refractivity contribution in [3.05, 3.63) is 119 Å². The van der Waals surface area contributed by atoms with Crippen LogP contribution in [0, 0.1) is 27.7 Å². The first-order valence-electron chi connectivity index (χ1n) is 11.9. The monoisotopic (exact) mass is 498 g/mol. The van der Waals surface area contributed by atoms with E-state index in [1.807, 2.05) is 24.3 Å². The predicted octanol–water partition coefficient (Wildman–Crippen LogP) is 7.64. The van der Waals surface area contributed by atoms with Crippen LogP contribution in [0.1, 0.15) is 28.7 Å². The van der Waals surface area contributed by atoms with Gasteiger partial charge in [-0.1, -0.05) is 72.8 Å². The smallest absolute Gasteiger partial charge is 0.314 e. The van der Waals surface area contributed by atoms with Crippen LogP contribution in [0.4, 0.5) is 22.7 Å². The third-order valence-electron chi connectivity index (χ3n) is 5.42. The molecule has 192 valence electrons. The molecule has 0 bridgehead atoms. The second kappa shape index (κ2) is 14.7. The number of carboxylic acids is 2. The molecule has 4 rings (SSSR count). The Morgan fingerprint density at radius 1 is 0.486 bits per heavy atom. The number of hydrogen-bond donors (Lipinski definition) is 4. The van der Waals surface area contributed by atoms with E-state index < -0.39 is 18.4 Å². The van der Waals surface area contributed by atoms with Gasteiger partial charge < -0.3 is 20.8 Å². The first kappa shape index (κ1) is 28.7. The Morgan fingerprint density at radius 2 is 0.703 bits per heavy atom. The van der Waals surface area contributed by atoms with Crippen LogP contribution in [0.25, 0.3) is 0 Å². The summed E-state index contributed by atoms with van der Waals surface area (Å²) >= 11 is 0. The summed E-state index contributed by atoms with van der Waals surface area (Å²) in [5.74, 6) is -2.62. The molecule has 0 unspecified atom stereocenters. The van der Waals surface area contributed by atoms with E-state index in [0.29, 0.717) is 0 Å². The molecule has 0 saturated carbocycles. The number of para-hydroxylation sites is 4. The lowest BCUT2D eigenvalue weighted by molar-refractivity contribution is -0.147. The molecule has 0 saturated heterocycles. The summed E-state index contributed by atoms with van der Waals surface area (Å²) in [6.07, 6.45) is -0.806. The summed E-state index contributed by atoms with van der Waals surface area (Å²) in [6.45, 7) is 8.45. The van der Waals surface area contributed by atoms with Gasteiger partial charge in [0.2, 0.25) is 0 Å². The van der Waals surface area contributed by atoms with Gasteiger partial charge in [-0.3, -0.25) is 9.59 Å². The zero-order valence-electron chi connectivity index (χ0n) is 21.7. The van der Waals surface area contributed by atoms with Crippen molar-refractivity contribution in [2.75, 3.05) is 10.6 Å². The highest BCUT2D eigenvalue weighted by Crippen LogP contribution is 2.23. The average Bonchev–Trinajstić information content (AvgIpc) is 2.85. The summed E-state index contributed by atoms with van der Waals surface area (Å²) < 4.78 is 0. The summed E-state index contributed by atoms with van der Waals surface area (Å²) in [6, 6.07) is 33.3. The number of hydrogen-bond acceptors (Lipinski definition) is 4. The minimum Gasteiger partial charge on any atom is -0.481 e. The number of anilines is 4. The number of aliphatic carboxylic acids is 2. The van der Waals surface area contributed by atoms with Crippen LogP contribution >= 0.6 is 0 Å². The Morgan fingerprint density at radius 3 is 0.865 bits per heavy atom. The predicted molar refractivity (Wildman–Crippen MR) is 151 cm³/mol. The van der Waals surface area contributed by atoms with Gasteiger partial charge in [-0.05, 0) is 74.2 Å². The molecule has 4 aromatic rings. The number of carbonyl (C=O) groups is 2. The van der Waals surface area contributed by atoms with E-state index in [1.54, 1.807) is 0 Å². The van der Waals surface area contributed by atoms with Gasteiger partial charge in [-0.2, -0.15) is 0 Å². The maximum absolute atomic E-state index is 9.43. The highest BCUT2D eigenvalue weighted by atomic mass is 16.4. The zero-order valence-corrected chi connectivity index (χ0v) is 21.7. The van der Waals surface area contributed by atoms with Crippen LogP contribution in [-0.4, -0.2) is 22.2 Å². The van der Waals surface area contributed by atoms with Crippen molar-refractivity contribution in [2.45, 2.75) is 34.1 Å².